The zero-order valence-corrected chi connectivity index (χ0v) is 15.4. The summed E-state index contributed by atoms with van der Waals surface area (Å²) in [6, 6.07) is 3.35. The van der Waals surface area contributed by atoms with Gasteiger partial charge in [0.1, 0.15) is 17.0 Å². The van der Waals surface area contributed by atoms with Crippen molar-refractivity contribution < 1.29 is 18.4 Å². The van der Waals surface area contributed by atoms with Crippen molar-refractivity contribution in [2.75, 3.05) is 33.7 Å². The predicted octanol–water partition coefficient (Wildman–Crippen LogP) is 2.00. The first-order valence-corrected chi connectivity index (χ1v) is 9.06. The number of hydrogen-bond acceptors (Lipinski definition) is 4. The Labute approximate surface area is 150 Å². The summed E-state index contributed by atoms with van der Waals surface area (Å²) in [5.74, 6) is -1.63. The summed E-state index contributed by atoms with van der Waals surface area (Å²) in [7, 11) is 3.82. The van der Waals surface area contributed by atoms with Gasteiger partial charge in [0.25, 0.3) is 0 Å². The molecule has 1 fully saturated rings. The van der Waals surface area contributed by atoms with Crippen LogP contribution in [0.15, 0.2) is 18.2 Å². The highest BCUT2D eigenvalue weighted by molar-refractivity contribution is 8.01. The molecule has 5 nitrogen and oxygen atoms in total. The number of nitrogens with zero attached hydrogens (tertiary/aromatic N) is 2. The van der Waals surface area contributed by atoms with Gasteiger partial charge in [0.05, 0.1) is 5.25 Å². The van der Waals surface area contributed by atoms with E-state index in [2.05, 4.69) is 5.32 Å². The second-order valence-corrected chi connectivity index (χ2v) is 7.66. The van der Waals surface area contributed by atoms with E-state index in [9.17, 15) is 18.4 Å². The van der Waals surface area contributed by atoms with Gasteiger partial charge in [0.15, 0.2) is 0 Å². The fourth-order valence-corrected chi connectivity index (χ4v) is 3.91. The molecule has 0 aromatic heterocycles. The van der Waals surface area contributed by atoms with Gasteiger partial charge in [0, 0.05) is 37.7 Å². The highest BCUT2D eigenvalue weighted by Gasteiger charge is 2.39. The lowest BCUT2D eigenvalue weighted by molar-refractivity contribution is -0.130. The Bertz CT molecular complexity index is 642. The fourth-order valence-electron chi connectivity index (χ4n) is 2.57. The lowest BCUT2D eigenvalue weighted by atomic mass is 10.1. The van der Waals surface area contributed by atoms with Gasteiger partial charge in [-0.05, 0) is 27.1 Å². The van der Waals surface area contributed by atoms with Crippen molar-refractivity contribution in [1.29, 1.82) is 0 Å². The highest BCUT2D eigenvalue weighted by Crippen LogP contribution is 2.43. The molecule has 1 N–H and O–H groups in total. The van der Waals surface area contributed by atoms with Crippen molar-refractivity contribution in [1.82, 2.24) is 15.1 Å². The molecule has 0 spiro atoms. The van der Waals surface area contributed by atoms with E-state index in [1.54, 1.807) is 6.92 Å². The Morgan fingerprint density at radius 3 is 2.72 bits per heavy atom. The highest BCUT2D eigenvalue weighted by atomic mass is 32.2. The molecule has 1 saturated heterocycles. The van der Waals surface area contributed by atoms with Crippen LogP contribution in [0.25, 0.3) is 0 Å². The number of likely N-dealkylation sites (N-methyl/N-ethyl adjacent to an activating group) is 1. The summed E-state index contributed by atoms with van der Waals surface area (Å²) < 4.78 is 27.2. The minimum absolute atomic E-state index is 0.139. The van der Waals surface area contributed by atoms with Crippen LogP contribution < -0.4 is 5.32 Å². The van der Waals surface area contributed by atoms with Gasteiger partial charge in [0.2, 0.25) is 11.8 Å². The van der Waals surface area contributed by atoms with Gasteiger partial charge in [-0.25, -0.2) is 8.78 Å². The maximum absolute atomic E-state index is 14.1. The van der Waals surface area contributed by atoms with E-state index in [1.165, 1.54) is 28.8 Å². The van der Waals surface area contributed by atoms with E-state index >= 15 is 0 Å². The number of amides is 2. The predicted molar refractivity (Wildman–Crippen MR) is 94.0 cm³/mol. The molecule has 0 aliphatic carbocycles. The Morgan fingerprint density at radius 2 is 2.08 bits per heavy atom. The number of carbonyl (C=O) groups is 2. The first-order valence-electron chi connectivity index (χ1n) is 8.12. The third-order valence-electron chi connectivity index (χ3n) is 3.94. The largest absolute Gasteiger partial charge is 0.355 e. The Morgan fingerprint density at radius 1 is 1.36 bits per heavy atom. The van der Waals surface area contributed by atoms with Crippen LogP contribution >= 0.6 is 11.8 Å². The summed E-state index contributed by atoms with van der Waals surface area (Å²) >= 11 is 1.30. The van der Waals surface area contributed by atoms with E-state index in [0.29, 0.717) is 6.54 Å². The standard InChI is InChI=1S/C17H23F2N3O2S/c1-11-16(24)22(8-6-15(23)20-7-9-21(2)3)17(25-11)13-5-4-12(18)10-14(13)19/h4-5,10-11,17H,6-9H2,1-3H3,(H,20,23)/t11-,17+/m0/s1. The van der Waals surface area contributed by atoms with Gasteiger partial charge in [-0.1, -0.05) is 6.07 Å². The zero-order valence-electron chi connectivity index (χ0n) is 14.6. The number of thioether (sulfide) groups is 1. The molecule has 1 aliphatic heterocycles. The fraction of sp³-hybridized carbons (Fsp3) is 0.529. The van der Waals surface area contributed by atoms with Crippen LogP contribution in [0.3, 0.4) is 0 Å². The Hall–Kier alpha value is -1.67. The monoisotopic (exact) mass is 371 g/mol. The van der Waals surface area contributed by atoms with Crippen LogP contribution in [0.4, 0.5) is 8.78 Å². The van der Waals surface area contributed by atoms with Gasteiger partial charge in [-0.2, -0.15) is 0 Å². The first kappa shape index (κ1) is 19.7. The maximum atomic E-state index is 14.1. The van der Waals surface area contributed by atoms with Gasteiger partial charge < -0.3 is 15.1 Å². The van der Waals surface area contributed by atoms with Gasteiger partial charge >= 0.3 is 0 Å². The van der Waals surface area contributed by atoms with Gasteiger partial charge in [-0.15, -0.1) is 11.8 Å². The quantitative estimate of drug-likeness (QED) is 0.797. The van der Waals surface area contributed by atoms with Crippen LogP contribution in [-0.4, -0.2) is 60.6 Å². The number of halogens is 2. The van der Waals surface area contributed by atoms with E-state index in [0.717, 1.165) is 12.6 Å². The summed E-state index contributed by atoms with van der Waals surface area (Å²) in [6.45, 7) is 3.20. The summed E-state index contributed by atoms with van der Waals surface area (Å²) in [4.78, 5) is 27.7. The average Bonchev–Trinajstić information content (AvgIpc) is 2.80. The van der Waals surface area contributed by atoms with E-state index < -0.39 is 17.0 Å². The molecule has 1 heterocycles. The van der Waals surface area contributed by atoms with Crippen LogP contribution in [-0.2, 0) is 9.59 Å². The molecule has 0 radical (unpaired) electrons. The van der Waals surface area contributed by atoms with Gasteiger partial charge in [-0.3, -0.25) is 9.59 Å². The molecule has 0 saturated carbocycles. The maximum Gasteiger partial charge on any atom is 0.236 e. The molecule has 0 bridgehead atoms. The van der Waals surface area contributed by atoms with Crippen molar-refractivity contribution in [3.63, 3.8) is 0 Å². The summed E-state index contributed by atoms with van der Waals surface area (Å²) in [6.07, 6.45) is 0.145. The molecule has 2 rings (SSSR count). The third-order valence-corrected chi connectivity index (χ3v) is 5.31. The topological polar surface area (TPSA) is 52.7 Å². The molecular formula is C17H23F2N3O2S. The second-order valence-electron chi connectivity index (χ2n) is 6.23. The molecule has 1 aliphatic rings. The number of rotatable bonds is 7. The zero-order chi connectivity index (χ0) is 18.6. The SMILES string of the molecule is C[C@@H]1S[C@H](c2ccc(F)cc2F)N(CCC(=O)NCCN(C)C)C1=O. The van der Waals surface area contributed by atoms with Crippen molar-refractivity contribution in [2.45, 2.75) is 24.0 Å². The van der Waals surface area contributed by atoms with Crippen molar-refractivity contribution in [3.05, 3.63) is 35.4 Å². The molecule has 2 atom stereocenters. The molecule has 1 aromatic rings. The van der Waals surface area contributed by atoms with Crippen molar-refractivity contribution in [3.8, 4) is 0 Å². The summed E-state index contributed by atoms with van der Waals surface area (Å²) in [5, 5.41) is 1.92. The molecule has 25 heavy (non-hydrogen) atoms. The molecular weight excluding hydrogens is 348 g/mol. The smallest absolute Gasteiger partial charge is 0.236 e. The Kier molecular flexibility index (Phi) is 6.78. The Balaban J connectivity index is 2.01. The number of carbonyl (C=O) groups excluding carboxylic acids is 2. The third kappa shape index (κ3) is 5.15. The number of nitrogens with one attached hydrogen (secondary N) is 1. The second kappa shape index (κ2) is 8.62. The van der Waals surface area contributed by atoms with E-state index in [4.69, 9.17) is 0 Å². The van der Waals surface area contributed by atoms with Crippen LogP contribution in [0.5, 0.6) is 0 Å². The molecule has 8 heteroatoms. The van der Waals surface area contributed by atoms with Crippen molar-refractivity contribution in [2.24, 2.45) is 0 Å². The van der Waals surface area contributed by atoms with Crippen molar-refractivity contribution >= 4 is 23.6 Å². The lowest BCUT2D eigenvalue weighted by Crippen LogP contribution is -2.36. The first-order chi connectivity index (χ1) is 11.8. The molecule has 138 valence electrons. The minimum Gasteiger partial charge on any atom is -0.355 e. The van der Waals surface area contributed by atoms with Crippen LogP contribution in [0, 0.1) is 11.6 Å². The number of benzene rings is 1. The van der Waals surface area contributed by atoms with E-state index in [-0.39, 0.29) is 35.6 Å². The normalized spacial score (nSPS) is 20.4. The van der Waals surface area contributed by atoms with Crippen LogP contribution in [0.2, 0.25) is 0 Å². The lowest BCUT2D eigenvalue weighted by Gasteiger charge is -2.24. The number of hydrogen-bond donors (Lipinski definition) is 1. The van der Waals surface area contributed by atoms with Crippen LogP contribution in [0.1, 0.15) is 24.3 Å². The molecule has 1 aromatic carbocycles. The summed E-state index contributed by atoms with van der Waals surface area (Å²) in [5.41, 5.74) is 0.261. The molecule has 2 amide bonds. The minimum atomic E-state index is -0.681. The molecule has 0 unspecified atom stereocenters. The average molecular weight is 371 g/mol. The van der Waals surface area contributed by atoms with E-state index in [1.807, 2.05) is 19.0 Å².